The number of nitrogens with one attached hydrogen (secondary N) is 2. The van der Waals surface area contributed by atoms with Crippen LogP contribution in [0, 0.1) is 11.8 Å². The average Bonchev–Trinajstić information content (AvgIpc) is 3.08. The lowest BCUT2D eigenvalue weighted by molar-refractivity contribution is 0.213. The van der Waals surface area contributed by atoms with Gasteiger partial charge in [-0.2, -0.15) is 0 Å². The Morgan fingerprint density at radius 1 is 0.917 bits per heavy atom. The molecule has 1 aliphatic heterocycles. The fourth-order valence-electron chi connectivity index (χ4n) is 4.03. The molecule has 0 spiro atoms. The zero-order chi connectivity index (χ0) is 16.3. The summed E-state index contributed by atoms with van der Waals surface area (Å²) in [6.07, 6.45) is 13.9. The van der Waals surface area contributed by atoms with Crippen LogP contribution in [-0.4, -0.2) is 51.1 Å². The summed E-state index contributed by atoms with van der Waals surface area (Å²) in [6.45, 7) is 4.63. The first-order valence-electron chi connectivity index (χ1n) is 9.91. The summed E-state index contributed by atoms with van der Waals surface area (Å²) in [5, 5.41) is 6.96. The molecular formula is C19H39IN4. The molecule has 0 aromatic carbocycles. The molecule has 2 fully saturated rings. The van der Waals surface area contributed by atoms with Crippen molar-refractivity contribution in [1.82, 2.24) is 15.5 Å². The Morgan fingerprint density at radius 2 is 1.54 bits per heavy atom. The number of nitrogens with zero attached hydrogens (tertiary/aromatic N) is 2. The van der Waals surface area contributed by atoms with E-state index in [1.165, 1.54) is 77.3 Å². The quantitative estimate of drug-likeness (QED) is 0.255. The minimum absolute atomic E-state index is 0. The second-order valence-electron chi connectivity index (χ2n) is 7.61. The molecule has 1 heterocycles. The molecule has 1 aliphatic carbocycles. The van der Waals surface area contributed by atoms with Gasteiger partial charge in [-0.15, -0.1) is 24.0 Å². The van der Waals surface area contributed by atoms with Gasteiger partial charge in [0.1, 0.15) is 0 Å². The first kappa shape index (κ1) is 22.0. The van der Waals surface area contributed by atoms with Crippen molar-refractivity contribution in [3.8, 4) is 0 Å². The van der Waals surface area contributed by atoms with E-state index >= 15 is 0 Å². The third kappa shape index (κ3) is 8.88. The number of guanidine groups is 1. The largest absolute Gasteiger partial charge is 0.356 e. The standard InChI is InChI=1S/C19H38N4.HI/c1-20-19(21-13-6-5-9-17-7-3-4-8-17)22-14-10-18-11-15-23(2)16-12-18;/h17-18H,3-16H2,1-2H3,(H2,20,21,22);1H. The van der Waals surface area contributed by atoms with Gasteiger partial charge in [-0.1, -0.05) is 38.5 Å². The third-order valence-electron chi connectivity index (χ3n) is 5.71. The number of piperidine rings is 1. The van der Waals surface area contributed by atoms with Crippen LogP contribution in [0.5, 0.6) is 0 Å². The highest BCUT2D eigenvalue weighted by Gasteiger charge is 2.16. The lowest BCUT2D eigenvalue weighted by atomic mass is 9.94. The van der Waals surface area contributed by atoms with Gasteiger partial charge >= 0.3 is 0 Å². The second-order valence-corrected chi connectivity index (χ2v) is 7.61. The van der Waals surface area contributed by atoms with E-state index in [9.17, 15) is 0 Å². The summed E-state index contributed by atoms with van der Waals surface area (Å²) >= 11 is 0. The van der Waals surface area contributed by atoms with Crippen LogP contribution in [0.15, 0.2) is 4.99 Å². The van der Waals surface area contributed by atoms with E-state index in [-0.39, 0.29) is 24.0 Å². The van der Waals surface area contributed by atoms with Crippen LogP contribution in [0.4, 0.5) is 0 Å². The molecule has 1 saturated carbocycles. The molecule has 0 radical (unpaired) electrons. The van der Waals surface area contributed by atoms with Gasteiger partial charge in [-0.25, -0.2) is 0 Å². The first-order chi connectivity index (χ1) is 11.3. The van der Waals surface area contributed by atoms with Crippen molar-refractivity contribution in [2.75, 3.05) is 40.3 Å². The van der Waals surface area contributed by atoms with E-state index in [4.69, 9.17) is 0 Å². The number of aliphatic imine (C=N–C) groups is 1. The maximum Gasteiger partial charge on any atom is 0.190 e. The minimum atomic E-state index is 0. The van der Waals surface area contributed by atoms with E-state index in [2.05, 4.69) is 27.6 Å². The number of hydrogen-bond acceptors (Lipinski definition) is 2. The lowest BCUT2D eigenvalue weighted by Gasteiger charge is -2.29. The van der Waals surface area contributed by atoms with Gasteiger partial charge < -0.3 is 15.5 Å². The Kier molecular flexibility index (Phi) is 12.1. The summed E-state index contributed by atoms with van der Waals surface area (Å²) in [7, 11) is 4.11. The van der Waals surface area contributed by atoms with Crippen LogP contribution in [0.3, 0.4) is 0 Å². The molecular weight excluding hydrogens is 411 g/mol. The van der Waals surface area contributed by atoms with Crippen LogP contribution in [0.25, 0.3) is 0 Å². The van der Waals surface area contributed by atoms with Gasteiger partial charge in [0.15, 0.2) is 5.96 Å². The minimum Gasteiger partial charge on any atom is -0.356 e. The molecule has 0 atom stereocenters. The number of hydrogen-bond donors (Lipinski definition) is 2. The fourth-order valence-corrected chi connectivity index (χ4v) is 4.03. The molecule has 0 aromatic rings. The number of halogens is 1. The second kappa shape index (κ2) is 13.2. The number of likely N-dealkylation sites (tertiary alicyclic amines) is 1. The highest BCUT2D eigenvalue weighted by molar-refractivity contribution is 14.0. The predicted octanol–water partition coefficient (Wildman–Crippen LogP) is 3.86. The van der Waals surface area contributed by atoms with Crippen molar-refractivity contribution in [3.63, 3.8) is 0 Å². The van der Waals surface area contributed by atoms with Crippen molar-refractivity contribution >= 4 is 29.9 Å². The first-order valence-corrected chi connectivity index (χ1v) is 9.91. The van der Waals surface area contributed by atoms with Crippen LogP contribution in [-0.2, 0) is 0 Å². The number of rotatable bonds is 8. The summed E-state index contributed by atoms with van der Waals surface area (Å²) in [5.74, 6) is 2.91. The summed E-state index contributed by atoms with van der Waals surface area (Å²) in [4.78, 5) is 6.78. The van der Waals surface area contributed by atoms with Crippen molar-refractivity contribution in [1.29, 1.82) is 0 Å². The fraction of sp³-hybridized carbons (Fsp3) is 0.947. The predicted molar refractivity (Wildman–Crippen MR) is 115 cm³/mol. The van der Waals surface area contributed by atoms with Crippen LogP contribution in [0.2, 0.25) is 0 Å². The molecule has 2 N–H and O–H groups in total. The molecule has 0 bridgehead atoms. The maximum absolute atomic E-state index is 4.34. The molecule has 4 nitrogen and oxygen atoms in total. The van der Waals surface area contributed by atoms with Gasteiger partial charge in [-0.3, -0.25) is 4.99 Å². The number of unbranched alkanes of at least 4 members (excludes halogenated alkanes) is 1. The van der Waals surface area contributed by atoms with Gasteiger partial charge in [0.05, 0.1) is 0 Å². The Morgan fingerprint density at radius 3 is 2.21 bits per heavy atom. The molecule has 2 aliphatic rings. The van der Waals surface area contributed by atoms with E-state index in [1.54, 1.807) is 0 Å². The van der Waals surface area contributed by atoms with Gasteiger partial charge in [0, 0.05) is 20.1 Å². The zero-order valence-corrected chi connectivity index (χ0v) is 18.2. The Hall–Kier alpha value is -0.0400. The molecule has 0 amide bonds. The molecule has 0 unspecified atom stereocenters. The van der Waals surface area contributed by atoms with Crippen molar-refractivity contribution in [2.45, 2.75) is 64.2 Å². The monoisotopic (exact) mass is 450 g/mol. The van der Waals surface area contributed by atoms with E-state index in [1.807, 2.05) is 7.05 Å². The highest BCUT2D eigenvalue weighted by atomic mass is 127. The van der Waals surface area contributed by atoms with Gasteiger partial charge in [-0.05, 0) is 57.7 Å². The Labute approximate surface area is 166 Å². The van der Waals surface area contributed by atoms with Gasteiger partial charge in [0.2, 0.25) is 0 Å². The SMILES string of the molecule is CN=C(NCCCCC1CCCC1)NCCC1CCN(C)CC1.I. The van der Waals surface area contributed by atoms with E-state index in [0.29, 0.717) is 0 Å². The Bertz CT molecular complexity index is 334. The van der Waals surface area contributed by atoms with Crippen LogP contribution < -0.4 is 10.6 Å². The topological polar surface area (TPSA) is 39.7 Å². The lowest BCUT2D eigenvalue weighted by Crippen LogP contribution is -2.39. The molecule has 142 valence electrons. The van der Waals surface area contributed by atoms with E-state index < -0.39 is 0 Å². The molecule has 0 aromatic heterocycles. The molecule has 1 saturated heterocycles. The molecule has 24 heavy (non-hydrogen) atoms. The smallest absolute Gasteiger partial charge is 0.190 e. The van der Waals surface area contributed by atoms with Crippen LogP contribution >= 0.6 is 24.0 Å². The Balaban J connectivity index is 0.00000288. The normalized spacial score (nSPS) is 20.8. The molecule has 2 rings (SSSR count). The van der Waals surface area contributed by atoms with Crippen LogP contribution in [0.1, 0.15) is 64.2 Å². The van der Waals surface area contributed by atoms with Gasteiger partial charge in [0.25, 0.3) is 0 Å². The summed E-state index contributed by atoms with van der Waals surface area (Å²) in [5.41, 5.74) is 0. The average molecular weight is 450 g/mol. The summed E-state index contributed by atoms with van der Waals surface area (Å²) in [6, 6.07) is 0. The van der Waals surface area contributed by atoms with Crippen molar-refractivity contribution < 1.29 is 0 Å². The van der Waals surface area contributed by atoms with E-state index in [0.717, 1.165) is 30.9 Å². The van der Waals surface area contributed by atoms with Crippen molar-refractivity contribution in [2.24, 2.45) is 16.8 Å². The molecule has 5 heteroatoms. The van der Waals surface area contributed by atoms with Crippen molar-refractivity contribution in [3.05, 3.63) is 0 Å². The zero-order valence-electron chi connectivity index (χ0n) is 15.9. The summed E-state index contributed by atoms with van der Waals surface area (Å²) < 4.78 is 0. The third-order valence-corrected chi connectivity index (χ3v) is 5.71. The highest BCUT2D eigenvalue weighted by Crippen LogP contribution is 2.28. The maximum atomic E-state index is 4.34.